The molecule has 0 aromatic rings. The van der Waals surface area contributed by atoms with Gasteiger partial charge in [0.15, 0.2) is 0 Å². The summed E-state index contributed by atoms with van der Waals surface area (Å²) < 4.78 is 5.71. The van der Waals surface area contributed by atoms with Crippen LogP contribution in [0, 0.1) is 0 Å². The van der Waals surface area contributed by atoms with E-state index in [1.54, 1.807) is 13.8 Å². The van der Waals surface area contributed by atoms with Gasteiger partial charge in [-0.1, -0.05) is 6.42 Å². The van der Waals surface area contributed by atoms with E-state index < -0.39 is 5.60 Å². The molecule has 0 fully saturated rings. The second-order valence-corrected chi connectivity index (χ2v) is 8.55. The Kier molecular flexibility index (Phi) is 11.7. The Bertz CT molecular complexity index is 330. The summed E-state index contributed by atoms with van der Waals surface area (Å²) >= 11 is 8.67. The fraction of sp³-hybridized carbons (Fsp3) is 0.941. The SMILES string of the molecule is CC(C)(O)COC(C)(C)CCNC(=O)CCCCC(S)CCS. The number of aliphatic hydroxyl groups is 1. The summed E-state index contributed by atoms with van der Waals surface area (Å²) in [6.07, 6.45) is 5.25. The molecule has 4 nitrogen and oxygen atoms in total. The lowest BCUT2D eigenvalue weighted by molar-refractivity contribution is -0.122. The molecule has 0 saturated carbocycles. The van der Waals surface area contributed by atoms with Crippen LogP contribution in [0.5, 0.6) is 0 Å². The standard InChI is InChI=1S/C17H35NO3S2/c1-16(2,20)13-21-17(3,4)10-11-18-15(19)8-6-5-7-14(23)9-12-22/h14,20,22-23H,5-13H2,1-4H3,(H,18,19). The number of nitrogens with one attached hydrogen (secondary N) is 1. The summed E-state index contributed by atoms with van der Waals surface area (Å²) in [7, 11) is 0. The average Bonchev–Trinajstić information content (AvgIpc) is 2.41. The first-order chi connectivity index (χ1) is 10.6. The van der Waals surface area contributed by atoms with Crippen molar-refractivity contribution >= 4 is 31.2 Å². The van der Waals surface area contributed by atoms with Crippen molar-refractivity contribution in [3.05, 3.63) is 0 Å². The van der Waals surface area contributed by atoms with E-state index in [0.717, 1.165) is 37.9 Å². The van der Waals surface area contributed by atoms with Crippen LogP contribution >= 0.6 is 25.3 Å². The van der Waals surface area contributed by atoms with E-state index in [1.807, 2.05) is 13.8 Å². The van der Waals surface area contributed by atoms with Crippen LogP contribution in [0.4, 0.5) is 0 Å². The molecule has 6 heteroatoms. The number of hydrogen-bond acceptors (Lipinski definition) is 5. The van der Waals surface area contributed by atoms with E-state index in [0.29, 0.717) is 18.2 Å². The van der Waals surface area contributed by atoms with Gasteiger partial charge in [0.1, 0.15) is 0 Å². The molecule has 0 rings (SSSR count). The Morgan fingerprint density at radius 3 is 2.43 bits per heavy atom. The smallest absolute Gasteiger partial charge is 0.219 e. The zero-order valence-corrected chi connectivity index (χ0v) is 16.9. The molecule has 0 aromatic carbocycles. The Labute approximate surface area is 153 Å². The largest absolute Gasteiger partial charge is 0.388 e. The highest BCUT2D eigenvalue weighted by molar-refractivity contribution is 7.81. The maximum atomic E-state index is 11.8. The lowest BCUT2D eigenvalue weighted by atomic mass is 10.0. The molecule has 0 heterocycles. The van der Waals surface area contributed by atoms with Crippen LogP contribution in [0.2, 0.25) is 0 Å². The highest BCUT2D eigenvalue weighted by atomic mass is 32.1. The van der Waals surface area contributed by atoms with Crippen LogP contribution in [0.1, 0.15) is 66.2 Å². The van der Waals surface area contributed by atoms with E-state index in [1.165, 1.54) is 0 Å². The average molecular weight is 366 g/mol. The number of thiol groups is 2. The summed E-state index contributed by atoms with van der Waals surface area (Å²) in [5.74, 6) is 0.952. The van der Waals surface area contributed by atoms with Crippen molar-refractivity contribution in [2.24, 2.45) is 0 Å². The highest BCUT2D eigenvalue weighted by Crippen LogP contribution is 2.17. The maximum absolute atomic E-state index is 11.8. The van der Waals surface area contributed by atoms with E-state index in [4.69, 9.17) is 4.74 Å². The van der Waals surface area contributed by atoms with Crippen molar-refractivity contribution in [1.29, 1.82) is 0 Å². The molecule has 0 saturated heterocycles. The van der Waals surface area contributed by atoms with Gasteiger partial charge < -0.3 is 15.2 Å². The molecular weight excluding hydrogens is 330 g/mol. The lowest BCUT2D eigenvalue weighted by Gasteiger charge is -2.29. The molecule has 2 N–H and O–H groups in total. The van der Waals surface area contributed by atoms with E-state index in [2.05, 4.69) is 30.6 Å². The molecule has 1 unspecified atom stereocenters. The Balaban J connectivity index is 3.73. The summed E-state index contributed by atoms with van der Waals surface area (Å²) in [6.45, 7) is 8.25. The topological polar surface area (TPSA) is 58.6 Å². The molecule has 0 aliphatic rings. The predicted molar refractivity (Wildman–Crippen MR) is 104 cm³/mol. The van der Waals surface area contributed by atoms with Gasteiger partial charge >= 0.3 is 0 Å². The van der Waals surface area contributed by atoms with Crippen molar-refractivity contribution in [2.45, 2.75) is 82.7 Å². The minimum Gasteiger partial charge on any atom is -0.388 e. The Morgan fingerprint density at radius 2 is 1.87 bits per heavy atom. The summed E-state index contributed by atoms with van der Waals surface area (Å²) in [6, 6.07) is 0. The maximum Gasteiger partial charge on any atom is 0.219 e. The zero-order valence-electron chi connectivity index (χ0n) is 15.1. The van der Waals surface area contributed by atoms with E-state index >= 15 is 0 Å². The first-order valence-corrected chi connectivity index (χ1v) is 9.62. The monoisotopic (exact) mass is 365 g/mol. The van der Waals surface area contributed by atoms with E-state index in [-0.39, 0.29) is 18.1 Å². The Hall–Kier alpha value is 0.0900. The molecule has 0 aliphatic carbocycles. The van der Waals surface area contributed by atoms with Crippen LogP contribution in [-0.2, 0) is 9.53 Å². The molecule has 1 amide bonds. The zero-order chi connectivity index (χ0) is 17.9. The molecule has 0 bridgehead atoms. The van der Waals surface area contributed by atoms with Gasteiger partial charge in [-0.05, 0) is 59.1 Å². The van der Waals surface area contributed by atoms with Gasteiger partial charge in [-0.25, -0.2) is 0 Å². The van der Waals surface area contributed by atoms with Gasteiger partial charge in [-0.15, -0.1) is 0 Å². The van der Waals surface area contributed by atoms with Crippen molar-refractivity contribution in [1.82, 2.24) is 5.32 Å². The van der Waals surface area contributed by atoms with Gasteiger partial charge in [0.25, 0.3) is 0 Å². The van der Waals surface area contributed by atoms with Crippen molar-refractivity contribution < 1.29 is 14.6 Å². The van der Waals surface area contributed by atoms with Crippen LogP contribution in [0.25, 0.3) is 0 Å². The van der Waals surface area contributed by atoms with E-state index in [9.17, 15) is 9.90 Å². The molecule has 0 radical (unpaired) electrons. The minimum absolute atomic E-state index is 0.0909. The molecule has 23 heavy (non-hydrogen) atoms. The normalized spacial score (nSPS) is 13.9. The van der Waals surface area contributed by atoms with Crippen LogP contribution in [-0.4, -0.2) is 46.4 Å². The fourth-order valence-corrected chi connectivity index (χ4v) is 2.82. The molecule has 0 aromatic heterocycles. The second kappa shape index (κ2) is 11.6. The summed E-state index contributed by atoms with van der Waals surface area (Å²) in [5, 5.41) is 13.0. The predicted octanol–water partition coefficient (Wildman–Crippen LogP) is 3.24. The summed E-state index contributed by atoms with van der Waals surface area (Å²) in [5.41, 5.74) is -1.20. The number of rotatable bonds is 13. The molecule has 0 aliphatic heterocycles. The first-order valence-electron chi connectivity index (χ1n) is 8.48. The van der Waals surface area contributed by atoms with Gasteiger partial charge in [-0.3, -0.25) is 4.79 Å². The number of unbranched alkanes of at least 4 members (excludes halogenated alkanes) is 1. The van der Waals surface area contributed by atoms with Gasteiger partial charge in [-0.2, -0.15) is 25.3 Å². The molecule has 1 atom stereocenters. The minimum atomic E-state index is -0.835. The van der Waals surface area contributed by atoms with Gasteiger partial charge in [0.05, 0.1) is 17.8 Å². The number of carbonyl (C=O) groups excluding carboxylic acids is 1. The van der Waals surface area contributed by atoms with Crippen LogP contribution in [0.15, 0.2) is 0 Å². The third kappa shape index (κ3) is 15.4. The van der Waals surface area contributed by atoms with Crippen molar-refractivity contribution in [3.8, 4) is 0 Å². The third-order valence-corrected chi connectivity index (χ3v) is 4.29. The van der Waals surface area contributed by atoms with Crippen molar-refractivity contribution in [3.63, 3.8) is 0 Å². The first kappa shape index (κ1) is 23.1. The van der Waals surface area contributed by atoms with Gasteiger partial charge in [0, 0.05) is 18.2 Å². The molecule has 138 valence electrons. The fourth-order valence-electron chi connectivity index (χ4n) is 1.99. The van der Waals surface area contributed by atoms with Gasteiger partial charge in [0.2, 0.25) is 5.91 Å². The second-order valence-electron chi connectivity index (χ2n) is 7.37. The molecular formula is C17H35NO3S2. The van der Waals surface area contributed by atoms with Crippen LogP contribution < -0.4 is 5.32 Å². The number of carbonyl (C=O) groups is 1. The number of hydrogen-bond donors (Lipinski definition) is 4. The quantitative estimate of drug-likeness (QED) is 0.299. The lowest BCUT2D eigenvalue weighted by Crippen LogP contribution is -2.37. The molecule has 0 spiro atoms. The highest BCUT2D eigenvalue weighted by Gasteiger charge is 2.23. The number of amides is 1. The third-order valence-electron chi connectivity index (χ3n) is 3.52. The Morgan fingerprint density at radius 1 is 1.22 bits per heavy atom. The number of ether oxygens (including phenoxy) is 1. The van der Waals surface area contributed by atoms with Crippen molar-refractivity contribution in [2.75, 3.05) is 18.9 Å². The summed E-state index contributed by atoms with van der Waals surface area (Å²) in [4.78, 5) is 11.8. The van der Waals surface area contributed by atoms with Crippen LogP contribution in [0.3, 0.4) is 0 Å².